The molecule has 0 fully saturated rings. The van der Waals surface area contributed by atoms with Crippen LogP contribution in [0.4, 0.5) is 0 Å². The van der Waals surface area contributed by atoms with E-state index in [1.165, 1.54) is 47.6 Å². The summed E-state index contributed by atoms with van der Waals surface area (Å²) in [6.07, 6.45) is 0. The fraction of sp³-hybridized carbons (Fsp3) is 0. The lowest BCUT2D eigenvalue weighted by molar-refractivity contribution is 1.07. The Morgan fingerprint density at radius 1 is 0.237 bits per heavy atom. The molecule has 59 heavy (non-hydrogen) atoms. The van der Waals surface area contributed by atoms with Gasteiger partial charge in [-0.1, -0.05) is 206 Å². The molecular formula is C55H35N3S. The lowest BCUT2D eigenvalue weighted by Gasteiger charge is -2.15. The monoisotopic (exact) mass is 769 g/mol. The molecule has 0 unspecified atom stereocenters. The van der Waals surface area contributed by atoms with Crippen LogP contribution in [0.15, 0.2) is 212 Å². The first-order chi connectivity index (χ1) is 29.3. The Morgan fingerprint density at radius 2 is 0.661 bits per heavy atom. The largest absolute Gasteiger partial charge is 0.208 e. The molecule has 0 atom stereocenters. The van der Waals surface area contributed by atoms with E-state index in [4.69, 9.17) is 15.0 Å². The van der Waals surface area contributed by atoms with Crippen LogP contribution in [0.3, 0.4) is 0 Å². The number of rotatable bonds is 7. The summed E-state index contributed by atoms with van der Waals surface area (Å²) in [4.78, 5) is 15.6. The Labute approximate surface area is 346 Å². The van der Waals surface area contributed by atoms with Crippen LogP contribution in [-0.2, 0) is 0 Å². The molecule has 11 aromatic rings. The maximum atomic E-state index is 5.21. The van der Waals surface area contributed by atoms with E-state index in [2.05, 4.69) is 200 Å². The molecule has 0 aliphatic heterocycles. The van der Waals surface area contributed by atoms with Crippen LogP contribution in [0.2, 0.25) is 0 Å². The van der Waals surface area contributed by atoms with Crippen molar-refractivity contribution in [1.29, 1.82) is 0 Å². The Hall–Kier alpha value is -7.53. The zero-order valence-corrected chi connectivity index (χ0v) is 32.8. The first-order valence-corrected chi connectivity index (χ1v) is 20.7. The third kappa shape index (κ3) is 6.27. The Bertz CT molecular complexity index is 3210. The first kappa shape index (κ1) is 34.7. The van der Waals surface area contributed by atoms with E-state index < -0.39 is 0 Å². The number of thiophene rings is 1. The second-order valence-electron chi connectivity index (χ2n) is 14.7. The maximum Gasteiger partial charge on any atom is 0.164 e. The zero-order valence-electron chi connectivity index (χ0n) is 32.0. The van der Waals surface area contributed by atoms with Crippen LogP contribution in [0.5, 0.6) is 0 Å². The summed E-state index contributed by atoms with van der Waals surface area (Å²) < 4.78 is 2.64. The number of fused-ring (bicyclic) bond motifs is 4. The summed E-state index contributed by atoms with van der Waals surface area (Å²) in [5.41, 5.74) is 12.0. The summed E-state index contributed by atoms with van der Waals surface area (Å²) in [5.74, 6) is 1.89. The summed E-state index contributed by atoms with van der Waals surface area (Å²) >= 11 is 1.87. The molecule has 3 nitrogen and oxygen atoms in total. The second kappa shape index (κ2) is 14.8. The summed E-state index contributed by atoms with van der Waals surface area (Å²) in [6, 6.07) is 75.0. The summed E-state index contributed by atoms with van der Waals surface area (Å²) in [6.45, 7) is 0. The van der Waals surface area contributed by atoms with Gasteiger partial charge < -0.3 is 0 Å². The van der Waals surface area contributed by atoms with Gasteiger partial charge in [0.15, 0.2) is 17.5 Å². The van der Waals surface area contributed by atoms with Gasteiger partial charge in [0.05, 0.1) is 0 Å². The van der Waals surface area contributed by atoms with Crippen LogP contribution in [-0.4, -0.2) is 15.0 Å². The standard InChI is InChI=1S/C55H35N3S/c1-3-16-36(17-4-1)40-20-7-11-25-49(40)54-56-53(57-55(58-54)50-26-12-8-21-41(50)37-18-5-2-6-19-37)39-32-30-38(31-33-39)42-34-35-45(44-23-10-9-22-43(42)44)47-27-15-28-48-46-24-13-14-29-51(46)59-52(47)48/h1-35H. The topological polar surface area (TPSA) is 38.7 Å². The molecule has 0 saturated heterocycles. The highest BCUT2D eigenvalue weighted by atomic mass is 32.1. The lowest BCUT2D eigenvalue weighted by Crippen LogP contribution is -2.02. The number of hydrogen-bond acceptors (Lipinski definition) is 4. The average Bonchev–Trinajstić information content (AvgIpc) is 3.71. The van der Waals surface area contributed by atoms with E-state index in [1.807, 2.05) is 23.5 Å². The SMILES string of the molecule is c1ccc(-c2ccccc2-c2nc(-c3ccc(-c4ccc(-c5cccc6c5sc5ccccc56)c5ccccc45)cc3)nc(-c3ccccc3-c3ccccc3)n2)cc1. The molecule has 0 aliphatic rings. The van der Waals surface area contributed by atoms with Gasteiger partial charge in [-0.25, -0.2) is 15.0 Å². The minimum Gasteiger partial charge on any atom is -0.208 e. The van der Waals surface area contributed by atoms with Gasteiger partial charge in [-0.2, -0.15) is 0 Å². The van der Waals surface area contributed by atoms with Crippen LogP contribution >= 0.6 is 11.3 Å². The van der Waals surface area contributed by atoms with Crippen molar-refractivity contribution in [1.82, 2.24) is 15.0 Å². The molecule has 4 heteroatoms. The van der Waals surface area contributed by atoms with Gasteiger partial charge in [0, 0.05) is 42.4 Å². The van der Waals surface area contributed by atoms with Crippen molar-refractivity contribution in [3.05, 3.63) is 212 Å². The van der Waals surface area contributed by atoms with Crippen LogP contribution in [0, 0.1) is 0 Å². The van der Waals surface area contributed by atoms with Crippen molar-refractivity contribution >= 4 is 42.3 Å². The zero-order chi connectivity index (χ0) is 39.1. The van der Waals surface area contributed by atoms with Crippen molar-refractivity contribution in [3.8, 4) is 78.7 Å². The minimum absolute atomic E-state index is 0.624. The fourth-order valence-electron chi connectivity index (χ4n) is 8.38. The van der Waals surface area contributed by atoms with Crippen molar-refractivity contribution in [2.24, 2.45) is 0 Å². The van der Waals surface area contributed by atoms with E-state index in [9.17, 15) is 0 Å². The smallest absolute Gasteiger partial charge is 0.164 e. The quantitative estimate of drug-likeness (QED) is 0.162. The highest BCUT2D eigenvalue weighted by molar-refractivity contribution is 7.26. The fourth-order valence-corrected chi connectivity index (χ4v) is 9.62. The van der Waals surface area contributed by atoms with E-state index in [-0.39, 0.29) is 0 Å². The van der Waals surface area contributed by atoms with Gasteiger partial charge in [0.1, 0.15) is 0 Å². The van der Waals surface area contributed by atoms with Gasteiger partial charge in [0.25, 0.3) is 0 Å². The Morgan fingerprint density at radius 3 is 1.29 bits per heavy atom. The third-order valence-electron chi connectivity index (χ3n) is 11.2. The molecule has 9 aromatic carbocycles. The molecule has 0 amide bonds. The average molecular weight is 770 g/mol. The maximum absolute atomic E-state index is 5.21. The Balaban J connectivity index is 1.03. The molecule has 0 radical (unpaired) electrons. The molecule has 0 aliphatic carbocycles. The molecule has 0 saturated carbocycles. The van der Waals surface area contributed by atoms with Gasteiger partial charge >= 0.3 is 0 Å². The van der Waals surface area contributed by atoms with Crippen LogP contribution in [0.1, 0.15) is 0 Å². The second-order valence-corrected chi connectivity index (χ2v) is 15.7. The van der Waals surface area contributed by atoms with E-state index in [1.54, 1.807) is 0 Å². The molecule has 0 bridgehead atoms. The predicted molar refractivity (Wildman–Crippen MR) is 248 cm³/mol. The lowest BCUT2D eigenvalue weighted by atomic mass is 9.91. The number of aromatic nitrogens is 3. The van der Waals surface area contributed by atoms with Gasteiger partial charge in [0.2, 0.25) is 0 Å². The van der Waals surface area contributed by atoms with Crippen LogP contribution < -0.4 is 0 Å². The molecular weight excluding hydrogens is 735 g/mol. The van der Waals surface area contributed by atoms with Crippen molar-refractivity contribution < 1.29 is 0 Å². The number of benzene rings is 9. The number of hydrogen-bond donors (Lipinski definition) is 0. The molecule has 2 aromatic heterocycles. The van der Waals surface area contributed by atoms with Gasteiger partial charge in [-0.05, 0) is 55.8 Å². The third-order valence-corrected chi connectivity index (χ3v) is 12.4. The van der Waals surface area contributed by atoms with Crippen molar-refractivity contribution in [2.45, 2.75) is 0 Å². The minimum atomic E-state index is 0.624. The first-order valence-electron chi connectivity index (χ1n) is 19.9. The molecule has 0 N–H and O–H groups in total. The highest BCUT2D eigenvalue weighted by Crippen LogP contribution is 2.44. The number of nitrogens with zero attached hydrogens (tertiary/aromatic N) is 3. The molecule has 11 rings (SSSR count). The van der Waals surface area contributed by atoms with Crippen molar-refractivity contribution in [3.63, 3.8) is 0 Å². The van der Waals surface area contributed by atoms with Gasteiger partial charge in [-0.15, -0.1) is 11.3 Å². The molecule has 0 spiro atoms. The highest BCUT2D eigenvalue weighted by Gasteiger charge is 2.19. The normalized spacial score (nSPS) is 11.4. The van der Waals surface area contributed by atoms with E-state index in [0.29, 0.717) is 17.5 Å². The van der Waals surface area contributed by atoms with Gasteiger partial charge in [-0.3, -0.25) is 0 Å². The van der Waals surface area contributed by atoms with Crippen LogP contribution in [0.25, 0.3) is 110 Å². The van der Waals surface area contributed by atoms with E-state index in [0.717, 1.165) is 44.5 Å². The Kier molecular flexibility index (Phi) is 8.68. The molecule has 2 heterocycles. The van der Waals surface area contributed by atoms with E-state index >= 15 is 0 Å². The summed E-state index contributed by atoms with van der Waals surface area (Å²) in [7, 11) is 0. The van der Waals surface area contributed by atoms with Crippen molar-refractivity contribution in [2.75, 3.05) is 0 Å². The predicted octanol–water partition coefficient (Wildman–Crippen LogP) is 15.1. The molecule has 276 valence electrons. The summed E-state index contributed by atoms with van der Waals surface area (Å²) in [5, 5.41) is 5.08.